The van der Waals surface area contributed by atoms with Crippen LogP contribution >= 0.6 is 0 Å². The molecular weight excluding hydrogens is 206 g/mol. The van der Waals surface area contributed by atoms with Gasteiger partial charge < -0.3 is 5.73 Å². The molecule has 1 nitrogen and oxygen atoms in total. The molecule has 0 spiro atoms. The fourth-order valence-electron chi connectivity index (χ4n) is 1.71. The highest BCUT2D eigenvalue weighted by Gasteiger charge is 1.91. The van der Waals surface area contributed by atoms with Crippen molar-refractivity contribution in [3.05, 3.63) is 71.9 Å². The van der Waals surface area contributed by atoms with E-state index >= 15 is 0 Å². The number of allylic oxidation sites excluding steroid dienone is 7. The van der Waals surface area contributed by atoms with E-state index in [0.29, 0.717) is 0 Å². The van der Waals surface area contributed by atoms with Crippen molar-refractivity contribution in [2.75, 3.05) is 5.73 Å². The van der Waals surface area contributed by atoms with Crippen LogP contribution in [0.3, 0.4) is 0 Å². The van der Waals surface area contributed by atoms with Crippen LogP contribution < -0.4 is 5.73 Å². The summed E-state index contributed by atoms with van der Waals surface area (Å²) in [5, 5.41) is 0. The number of hydrogen-bond acceptors (Lipinski definition) is 1. The third kappa shape index (κ3) is 3.80. The fourth-order valence-corrected chi connectivity index (χ4v) is 1.71. The SMILES string of the molecule is Nc1ccc(/C=C/CC2=CCC=CC=C2)cc1. The van der Waals surface area contributed by atoms with Crippen molar-refractivity contribution in [2.45, 2.75) is 12.8 Å². The van der Waals surface area contributed by atoms with Crippen molar-refractivity contribution in [3.63, 3.8) is 0 Å². The molecule has 1 aliphatic rings. The van der Waals surface area contributed by atoms with Gasteiger partial charge >= 0.3 is 0 Å². The van der Waals surface area contributed by atoms with Crippen LogP contribution in [0, 0.1) is 0 Å². The average molecular weight is 223 g/mol. The van der Waals surface area contributed by atoms with Gasteiger partial charge in [0.05, 0.1) is 0 Å². The van der Waals surface area contributed by atoms with Gasteiger partial charge in [0.2, 0.25) is 0 Å². The van der Waals surface area contributed by atoms with E-state index in [1.165, 1.54) is 11.1 Å². The van der Waals surface area contributed by atoms with Gasteiger partial charge in [-0.1, -0.05) is 54.7 Å². The summed E-state index contributed by atoms with van der Waals surface area (Å²) in [5.41, 5.74) is 9.00. The van der Waals surface area contributed by atoms with Gasteiger partial charge in [-0.25, -0.2) is 0 Å². The van der Waals surface area contributed by atoms with Crippen LogP contribution in [0.1, 0.15) is 18.4 Å². The Balaban J connectivity index is 1.93. The molecule has 0 saturated carbocycles. The van der Waals surface area contributed by atoms with Crippen LogP contribution in [0.25, 0.3) is 6.08 Å². The Hall–Kier alpha value is -2.02. The predicted molar refractivity (Wildman–Crippen MR) is 75.5 cm³/mol. The summed E-state index contributed by atoms with van der Waals surface area (Å²) >= 11 is 0. The lowest BCUT2D eigenvalue weighted by atomic mass is 10.1. The number of rotatable bonds is 3. The predicted octanol–water partition coefficient (Wildman–Crippen LogP) is 4.11. The van der Waals surface area contributed by atoms with Crippen LogP contribution in [0.2, 0.25) is 0 Å². The second kappa shape index (κ2) is 5.90. The van der Waals surface area contributed by atoms with Crippen molar-refractivity contribution in [1.82, 2.24) is 0 Å². The smallest absolute Gasteiger partial charge is 0.0314 e. The molecule has 2 N–H and O–H groups in total. The Morgan fingerprint density at radius 2 is 1.94 bits per heavy atom. The molecule has 0 bridgehead atoms. The normalized spacial score (nSPS) is 14.9. The molecule has 86 valence electrons. The highest BCUT2D eigenvalue weighted by molar-refractivity contribution is 5.53. The molecule has 1 aromatic carbocycles. The number of nitrogens with two attached hydrogens (primary N) is 1. The van der Waals surface area contributed by atoms with E-state index < -0.39 is 0 Å². The molecule has 1 aromatic rings. The highest BCUT2D eigenvalue weighted by Crippen LogP contribution is 2.12. The zero-order valence-electron chi connectivity index (χ0n) is 9.84. The van der Waals surface area contributed by atoms with Gasteiger partial charge in [-0.05, 0) is 36.1 Å². The van der Waals surface area contributed by atoms with E-state index in [1.807, 2.05) is 24.3 Å². The zero-order chi connectivity index (χ0) is 11.9. The molecule has 0 atom stereocenters. The Labute approximate surface area is 103 Å². The van der Waals surface area contributed by atoms with Crippen LogP contribution in [0.15, 0.2) is 66.3 Å². The average Bonchev–Trinajstić information content (AvgIpc) is 2.60. The maximum Gasteiger partial charge on any atom is 0.0314 e. The number of anilines is 1. The van der Waals surface area contributed by atoms with Crippen LogP contribution in [0.4, 0.5) is 5.69 Å². The van der Waals surface area contributed by atoms with E-state index in [0.717, 1.165) is 18.5 Å². The van der Waals surface area contributed by atoms with E-state index in [1.54, 1.807) is 0 Å². The number of benzene rings is 1. The lowest BCUT2D eigenvalue weighted by Gasteiger charge is -1.97. The molecule has 1 aliphatic carbocycles. The van der Waals surface area contributed by atoms with Crippen molar-refractivity contribution < 1.29 is 0 Å². The Bertz CT molecular complexity index is 473. The topological polar surface area (TPSA) is 26.0 Å². The lowest BCUT2D eigenvalue weighted by Crippen LogP contribution is -1.82. The van der Waals surface area contributed by atoms with Crippen molar-refractivity contribution in [1.29, 1.82) is 0 Å². The first-order valence-electron chi connectivity index (χ1n) is 5.89. The zero-order valence-corrected chi connectivity index (χ0v) is 9.84. The van der Waals surface area contributed by atoms with Crippen LogP contribution in [-0.2, 0) is 0 Å². The summed E-state index contributed by atoms with van der Waals surface area (Å²) in [5.74, 6) is 0. The second-order valence-electron chi connectivity index (χ2n) is 4.08. The molecular formula is C16H17N. The quantitative estimate of drug-likeness (QED) is 0.766. The van der Waals surface area contributed by atoms with Gasteiger partial charge in [0, 0.05) is 5.69 Å². The van der Waals surface area contributed by atoms with Gasteiger partial charge in [0.1, 0.15) is 0 Å². The first-order chi connectivity index (χ1) is 8.34. The Morgan fingerprint density at radius 3 is 2.76 bits per heavy atom. The maximum atomic E-state index is 5.64. The molecule has 17 heavy (non-hydrogen) atoms. The summed E-state index contributed by atoms with van der Waals surface area (Å²) in [4.78, 5) is 0. The molecule has 0 saturated heterocycles. The lowest BCUT2D eigenvalue weighted by molar-refractivity contribution is 1.25. The van der Waals surface area contributed by atoms with Gasteiger partial charge in [0.15, 0.2) is 0 Å². The molecule has 0 heterocycles. The Kier molecular flexibility index (Phi) is 3.98. The van der Waals surface area contributed by atoms with Crippen LogP contribution in [0.5, 0.6) is 0 Å². The summed E-state index contributed by atoms with van der Waals surface area (Å²) in [6.07, 6.45) is 17.1. The molecule has 0 aromatic heterocycles. The van der Waals surface area contributed by atoms with E-state index in [2.05, 4.69) is 42.5 Å². The summed E-state index contributed by atoms with van der Waals surface area (Å²) in [6, 6.07) is 7.91. The summed E-state index contributed by atoms with van der Waals surface area (Å²) in [7, 11) is 0. The molecule has 0 fully saturated rings. The van der Waals surface area contributed by atoms with Gasteiger partial charge in [-0.15, -0.1) is 0 Å². The second-order valence-corrected chi connectivity index (χ2v) is 4.08. The minimum atomic E-state index is 0.808. The minimum absolute atomic E-state index is 0.808. The molecule has 2 rings (SSSR count). The molecule has 0 unspecified atom stereocenters. The van der Waals surface area contributed by atoms with Gasteiger partial charge in [-0.2, -0.15) is 0 Å². The number of hydrogen-bond donors (Lipinski definition) is 1. The van der Waals surface area contributed by atoms with Gasteiger partial charge in [-0.3, -0.25) is 0 Å². The fraction of sp³-hybridized carbons (Fsp3) is 0.125. The van der Waals surface area contributed by atoms with Gasteiger partial charge in [0.25, 0.3) is 0 Å². The third-order valence-corrected chi connectivity index (χ3v) is 2.67. The molecule has 1 heteroatoms. The summed E-state index contributed by atoms with van der Waals surface area (Å²) in [6.45, 7) is 0. The van der Waals surface area contributed by atoms with E-state index in [9.17, 15) is 0 Å². The first-order valence-corrected chi connectivity index (χ1v) is 5.89. The van der Waals surface area contributed by atoms with Crippen molar-refractivity contribution in [2.24, 2.45) is 0 Å². The summed E-state index contributed by atoms with van der Waals surface area (Å²) < 4.78 is 0. The maximum absolute atomic E-state index is 5.64. The van der Waals surface area contributed by atoms with E-state index in [4.69, 9.17) is 5.73 Å². The minimum Gasteiger partial charge on any atom is -0.399 e. The highest BCUT2D eigenvalue weighted by atomic mass is 14.5. The van der Waals surface area contributed by atoms with E-state index in [-0.39, 0.29) is 0 Å². The largest absolute Gasteiger partial charge is 0.399 e. The third-order valence-electron chi connectivity index (χ3n) is 2.67. The Morgan fingerprint density at radius 1 is 1.12 bits per heavy atom. The first kappa shape index (κ1) is 11.5. The van der Waals surface area contributed by atoms with Crippen LogP contribution in [-0.4, -0.2) is 0 Å². The van der Waals surface area contributed by atoms with Crippen molar-refractivity contribution in [3.8, 4) is 0 Å². The molecule has 0 radical (unpaired) electrons. The molecule has 0 aliphatic heterocycles. The monoisotopic (exact) mass is 223 g/mol. The standard InChI is InChI=1S/C16H17N/c17-16-12-10-15(11-13-16)9-5-8-14-6-3-1-2-4-7-14/h1-3,5-7,9-13H,4,8,17H2/b9-5+. The molecule has 0 amide bonds. The van der Waals surface area contributed by atoms with Crippen molar-refractivity contribution >= 4 is 11.8 Å². The number of nitrogen functional groups attached to an aromatic ring is 1.